The molecule has 34 heavy (non-hydrogen) atoms. The first-order chi connectivity index (χ1) is 16.0. The quantitative estimate of drug-likeness (QED) is 0.329. The van der Waals surface area contributed by atoms with E-state index in [4.69, 9.17) is 0 Å². The SMILES string of the molecule is C[Si](C)(c1ccc(O)cc1)c1ccc(O)cc1.C[Si](C)(c1ccc(O)cc1)c1ccc(O)cc1. The number of phenolic OH excluding ortho intramolecular Hbond substituents is 4. The summed E-state index contributed by atoms with van der Waals surface area (Å²) < 4.78 is 0. The van der Waals surface area contributed by atoms with Crippen molar-refractivity contribution in [1.82, 2.24) is 0 Å². The summed E-state index contributed by atoms with van der Waals surface area (Å²) in [5, 5.41) is 42.3. The molecule has 0 aliphatic heterocycles. The predicted octanol–water partition coefficient (Wildman–Crippen LogP) is 3.84. The zero-order valence-corrected chi connectivity index (χ0v) is 22.0. The fourth-order valence-corrected chi connectivity index (χ4v) is 8.51. The standard InChI is InChI=1S/2C14H16O2Si/c2*1-17(2,13-7-3-11(15)4-8-13)14-9-5-12(16)6-10-14/h2*3-10,15-16H,1-2H3. The van der Waals surface area contributed by atoms with Gasteiger partial charge in [0.05, 0.1) is 0 Å². The molecule has 0 unspecified atom stereocenters. The van der Waals surface area contributed by atoms with E-state index in [1.807, 2.05) is 48.5 Å². The second kappa shape index (κ2) is 10.2. The molecule has 0 radical (unpaired) electrons. The lowest BCUT2D eigenvalue weighted by Gasteiger charge is -2.23. The topological polar surface area (TPSA) is 80.9 Å². The van der Waals surface area contributed by atoms with Crippen LogP contribution in [0.2, 0.25) is 26.2 Å². The van der Waals surface area contributed by atoms with E-state index in [1.54, 1.807) is 48.5 Å². The summed E-state index contributed by atoms with van der Waals surface area (Å²) >= 11 is 0. The molecule has 4 aromatic rings. The third kappa shape index (κ3) is 5.89. The van der Waals surface area contributed by atoms with Crippen LogP contribution in [0.25, 0.3) is 0 Å². The van der Waals surface area contributed by atoms with Gasteiger partial charge in [0, 0.05) is 0 Å². The van der Waals surface area contributed by atoms with Crippen LogP contribution in [-0.4, -0.2) is 36.6 Å². The molecule has 0 saturated carbocycles. The summed E-state index contributed by atoms with van der Waals surface area (Å²) in [5.74, 6) is 1.18. The fourth-order valence-electron chi connectivity index (χ4n) is 3.85. The fraction of sp³-hybridized carbons (Fsp3) is 0.143. The molecule has 0 saturated heterocycles. The van der Waals surface area contributed by atoms with Crippen molar-refractivity contribution >= 4 is 36.9 Å². The van der Waals surface area contributed by atoms with E-state index >= 15 is 0 Å². The normalized spacial score (nSPS) is 11.4. The van der Waals surface area contributed by atoms with Gasteiger partial charge in [-0.2, -0.15) is 0 Å². The van der Waals surface area contributed by atoms with Crippen molar-refractivity contribution in [1.29, 1.82) is 0 Å². The van der Waals surface area contributed by atoms with Crippen LogP contribution in [0, 0.1) is 0 Å². The zero-order chi connectivity index (χ0) is 24.9. The highest BCUT2D eigenvalue weighted by molar-refractivity contribution is 7.00. The Morgan fingerprint density at radius 1 is 0.324 bits per heavy atom. The predicted molar refractivity (Wildman–Crippen MR) is 146 cm³/mol. The molecule has 0 amide bonds. The minimum Gasteiger partial charge on any atom is -0.508 e. The first kappa shape index (κ1) is 25.1. The van der Waals surface area contributed by atoms with Crippen molar-refractivity contribution in [3.05, 3.63) is 97.1 Å². The third-order valence-corrected chi connectivity index (χ3v) is 13.5. The lowest BCUT2D eigenvalue weighted by atomic mass is 10.3. The maximum atomic E-state index is 9.31. The van der Waals surface area contributed by atoms with Crippen LogP contribution < -0.4 is 20.7 Å². The highest BCUT2D eigenvalue weighted by Crippen LogP contribution is 2.13. The van der Waals surface area contributed by atoms with Crippen LogP contribution in [-0.2, 0) is 0 Å². The van der Waals surface area contributed by atoms with Gasteiger partial charge < -0.3 is 20.4 Å². The molecular weight excluding hydrogens is 456 g/mol. The minimum absolute atomic E-state index is 0.296. The summed E-state index contributed by atoms with van der Waals surface area (Å²) in [5.41, 5.74) is 0. The van der Waals surface area contributed by atoms with Crippen LogP contribution in [0.4, 0.5) is 0 Å². The second-order valence-electron chi connectivity index (χ2n) is 9.44. The van der Waals surface area contributed by atoms with Crippen LogP contribution in [0.5, 0.6) is 23.0 Å². The van der Waals surface area contributed by atoms with Crippen molar-refractivity contribution in [3.8, 4) is 23.0 Å². The second-order valence-corrected chi connectivity index (χ2v) is 18.2. The lowest BCUT2D eigenvalue weighted by molar-refractivity contribution is 0.475. The van der Waals surface area contributed by atoms with Gasteiger partial charge in [-0.1, -0.05) is 95.5 Å². The Hall–Kier alpha value is -3.49. The minimum atomic E-state index is -1.72. The Morgan fingerprint density at radius 3 is 0.618 bits per heavy atom. The molecule has 176 valence electrons. The van der Waals surface area contributed by atoms with Gasteiger partial charge in [-0.25, -0.2) is 0 Å². The molecule has 0 bridgehead atoms. The Kier molecular flexibility index (Phi) is 7.54. The average Bonchev–Trinajstić information content (AvgIpc) is 2.81. The number of phenols is 4. The molecule has 0 fully saturated rings. The molecule has 0 atom stereocenters. The average molecular weight is 489 g/mol. The van der Waals surface area contributed by atoms with Crippen LogP contribution >= 0.6 is 0 Å². The van der Waals surface area contributed by atoms with Crippen LogP contribution in [0.15, 0.2) is 97.1 Å². The number of hydrogen-bond acceptors (Lipinski definition) is 4. The van der Waals surface area contributed by atoms with E-state index in [2.05, 4.69) is 26.2 Å². The molecule has 4 rings (SSSR count). The summed E-state index contributed by atoms with van der Waals surface area (Å²) in [6, 6.07) is 29.7. The van der Waals surface area contributed by atoms with E-state index in [0.717, 1.165) is 0 Å². The van der Waals surface area contributed by atoms with Gasteiger partial charge in [-0.05, 0) is 48.5 Å². The molecule has 0 aromatic heterocycles. The number of hydrogen-bond donors (Lipinski definition) is 4. The monoisotopic (exact) mass is 488 g/mol. The van der Waals surface area contributed by atoms with Crippen molar-refractivity contribution in [3.63, 3.8) is 0 Å². The maximum Gasteiger partial charge on any atom is 0.115 e. The maximum absolute atomic E-state index is 9.31. The first-order valence-corrected chi connectivity index (χ1v) is 17.2. The Morgan fingerprint density at radius 2 is 0.471 bits per heavy atom. The molecule has 4 nitrogen and oxygen atoms in total. The molecule has 0 heterocycles. The first-order valence-electron chi connectivity index (χ1n) is 11.2. The number of rotatable bonds is 4. The molecule has 0 spiro atoms. The number of aromatic hydroxyl groups is 4. The molecule has 4 N–H and O–H groups in total. The van der Waals surface area contributed by atoms with Crippen LogP contribution in [0.3, 0.4) is 0 Å². The van der Waals surface area contributed by atoms with Gasteiger partial charge in [-0.15, -0.1) is 0 Å². The summed E-state index contributed by atoms with van der Waals surface area (Å²) in [6.45, 7) is 9.02. The largest absolute Gasteiger partial charge is 0.508 e. The summed E-state index contributed by atoms with van der Waals surface area (Å²) in [7, 11) is -3.45. The van der Waals surface area contributed by atoms with Gasteiger partial charge in [0.1, 0.15) is 39.1 Å². The lowest BCUT2D eigenvalue weighted by Crippen LogP contribution is -2.52. The van der Waals surface area contributed by atoms with Gasteiger partial charge in [-0.3, -0.25) is 0 Å². The molecule has 4 aromatic carbocycles. The molecular formula is C28H32O4Si2. The van der Waals surface area contributed by atoms with Crippen LogP contribution in [0.1, 0.15) is 0 Å². The van der Waals surface area contributed by atoms with Gasteiger partial charge in [0.25, 0.3) is 0 Å². The van der Waals surface area contributed by atoms with E-state index in [9.17, 15) is 20.4 Å². The van der Waals surface area contributed by atoms with E-state index in [0.29, 0.717) is 23.0 Å². The number of benzene rings is 4. The van der Waals surface area contributed by atoms with Gasteiger partial charge in [0.15, 0.2) is 0 Å². The Labute approximate surface area is 203 Å². The third-order valence-electron chi connectivity index (χ3n) is 6.36. The summed E-state index contributed by atoms with van der Waals surface area (Å²) in [6.07, 6.45) is 0. The zero-order valence-electron chi connectivity index (χ0n) is 20.0. The molecule has 6 heteroatoms. The highest BCUT2D eigenvalue weighted by Gasteiger charge is 2.26. The van der Waals surface area contributed by atoms with Crippen molar-refractivity contribution in [2.24, 2.45) is 0 Å². The highest BCUT2D eigenvalue weighted by atomic mass is 28.3. The Balaban J connectivity index is 0.000000191. The van der Waals surface area contributed by atoms with Crippen molar-refractivity contribution in [2.45, 2.75) is 26.2 Å². The van der Waals surface area contributed by atoms with E-state index < -0.39 is 16.1 Å². The van der Waals surface area contributed by atoms with E-state index in [1.165, 1.54) is 20.7 Å². The smallest absolute Gasteiger partial charge is 0.115 e. The van der Waals surface area contributed by atoms with E-state index in [-0.39, 0.29) is 0 Å². The molecule has 0 aliphatic rings. The summed E-state index contributed by atoms with van der Waals surface area (Å²) in [4.78, 5) is 0. The van der Waals surface area contributed by atoms with Crippen molar-refractivity contribution in [2.75, 3.05) is 0 Å². The Bertz CT molecular complexity index is 1010. The van der Waals surface area contributed by atoms with Gasteiger partial charge in [0.2, 0.25) is 0 Å². The van der Waals surface area contributed by atoms with Gasteiger partial charge >= 0.3 is 0 Å². The molecule has 0 aliphatic carbocycles. The van der Waals surface area contributed by atoms with Crippen molar-refractivity contribution < 1.29 is 20.4 Å².